The van der Waals surface area contributed by atoms with Gasteiger partial charge in [-0.3, -0.25) is 19.9 Å². The quantitative estimate of drug-likeness (QED) is 0.868. The van der Waals surface area contributed by atoms with Crippen LogP contribution in [-0.4, -0.2) is 41.5 Å². The maximum atomic E-state index is 12.0. The highest BCUT2D eigenvalue weighted by Crippen LogP contribution is 2.28. The Morgan fingerprint density at radius 2 is 1.95 bits per heavy atom. The van der Waals surface area contributed by atoms with Crippen LogP contribution in [0.4, 0.5) is 10.5 Å². The minimum absolute atomic E-state index is 0.204. The molecule has 4 rings (SSSR count). The highest BCUT2D eigenvalue weighted by atomic mass is 16.2. The monoisotopic (exact) mass is 298 g/mol. The molecule has 0 spiro atoms. The van der Waals surface area contributed by atoms with Crippen LogP contribution in [0.15, 0.2) is 24.3 Å². The van der Waals surface area contributed by atoms with E-state index in [-0.39, 0.29) is 11.9 Å². The fourth-order valence-electron chi connectivity index (χ4n) is 3.32. The summed E-state index contributed by atoms with van der Waals surface area (Å²) in [7, 11) is 2.13. The number of likely N-dealkylation sites (N-methyl/N-ethyl adjacent to an activating group) is 1. The smallest absolute Gasteiger partial charge is 0.328 e. The van der Waals surface area contributed by atoms with Crippen molar-refractivity contribution in [1.82, 2.24) is 14.8 Å². The lowest BCUT2D eigenvalue weighted by Crippen LogP contribution is -2.49. The van der Waals surface area contributed by atoms with E-state index in [0.717, 1.165) is 30.7 Å². The van der Waals surface area contributed by atoms with Gasteiger partial charge in [0.15, 0.2) is 0 Å². The second kappa shape index (κ2) is 4.84. The van der Waals surface area contributed by atoms with Crippen LogP contribution < -0.4 is 10.2 Å². The number of nitrogens with zero attached hydrogens (tertiary/aromatic N) is 3. The average molecular weight is 298 g/mol. The van der Waals surface area contributed by atoms with Crippen molar-refractivity contribution < 1.29 is 9.59 Å². The van der Waals surface area contributed by atoms with Gasteiger partial charge < -0.3 is 4.57 Å². The zero-order valence-corrected chi connectivity index (χ0v) is 12.5. The molecular formula is C16H18N4O2. The Morgan fingerprint density at radius 1 is 1.09 bits per heavy atom. The van der Waals surface area contributed by atoms with Crippen LogP contribution in [0.25, 0.3) is 10.9 Å². The summed E-state index contributed by atoms with van der Waals surface area (Å²) >= 11 is 0. The molecular weight excluding hydrogens is 280 g/mol. The molecule has 6 nitrogen and oxygen atoms in total. The molecule has 114 valence electrons. The molecule has 3 amide bonds. The lowest BCUT2D eigenvalue weighted by molar-refractivity contribution is -0.120. The van der Waals surface area contributed by atoms with Gasteiger partial charge >= 0.3 is 6.03 Å². The first-order valence-electron chi connectivity index (χ1n) is 7.54. The summed E-state index contributed by atoms with van der Waals surface area (Å²) in [5, 5.41) is 3.51. The molecule has 0 bridgehead atoms. The van der Waals surface area contributed by atoms with Crippen molar-refractivity contribution in [1.29, 1.82) is 0 Å². The van der Waals surface area contributed by atoms with Gasteiger partial charge in [-0.2, -0.15) is 0 Å². The summed E-state index contributed by atoms with van der Waals surface area (Å²) in [6.07, 6.45) is 0.348. The summed E-state index contributed by atoms with van der Waals surface area (Å²) in [5.41, 5.74) is 3.35. The van der Waals surface area contributed by atoms with Crippen LogP contribution in [0, 0.1) is 0 Å². The Bertz CT molecular complexity index is 780. The highest BCUT2D eigenvalue weighted by Gasteiger charge is 2.25. The van der Waals surface area contributed by atoms with E-state index in [2.05, 4.69) is 34.0 Å². The summed E-state index contributed by atoms with van der Waals surface area (Å²) in [6.45, 7) is 3.43. The summed E-state index contributed by atoms with van der Waals surface area (Å²) in [4.78, 5) is 27.2. The van der Waals surface area contributed by atoms with Gasteiger partial charge in [0.05, 0.1) is 0 Å². The third-order valence-corrected chi connectivity index (χ3v) is 4.47. The van der Waals surface area contributed by atoms with E-state index in [1.165, 1.54) is 11.2 Å². The fourth-order valence-corrected chi connectivity index (χ4v) is 3.32. The van der Waals surface area contributed by atoms with Gasteiger partial charge in [-0.05, 0) is 31.3 Å². The molecule has 0 atom stereocenters. The van der Waals surface area contributed by atoms with E-state index in [0.29, 0.717) is 13.0 Å². The molecule has 2 aromatic rings. The van der Waals surface area contributed by atoms with Gasteiger partial charge in [0, 0.05) is 54.9 Å². The second-order valence-electron chi connectivity index (χ2n) is 6.02. The van der Waals surface area contributed by atoms with Crippen molar-refractivity contribution in [3.05, 3.63) is 30.0 Å². The van der Waals surface area contributed by atoms with E-state index in [9.17, 15) is 9.59 Å². The number of amides is 3. The lowest BCUT2D eigenvalue weighted by atomic mass is 10.2. The van der Waals surface area contributed by atoms with Crippen LogP contribution in [-0.2, 0) is 17.9 Å². The van der Waals surface area contributed by atoms with Crippen molar-refractivity contribution in [3.63, 3.8) is 0 Å². The molecule has 3 heterocycles. The van der Waals surface area contributed by atoms with Gasteiger partial charge in [0.1, 0.15) is 0 Å². The molecule has 1 aromatic heterocycles. The molecule has 2 aliphatic rings. The number of anilines is 1. The number of carbonyl (C=O) groups excluding carboxylic acids is 2. The number of benzene rings is 1. The van der Waals surface area contributed by atoms with Crippen LogP contribution in [0.5, 0.6) is 0 Å². The maximum Gasteiger partial charge on any atom is 0.328 e. The van der Waals surface area contributed by atoms with Crippen molar-refractivity contribution in [2.24, 2.45) is 0 Å². The SMILES string of the molecule is CN1CCn2c(cc3cc(N4CCC(=O)NC4=O)ccc32)C1. The van der Waals surface area contributed by atoms with Crippen molar-refractivity contribution in [3.8, 4) is 0 Å². The first-order valence-corrected chi connectivity index (χ1v) is 7.54. The molecule has 22 heavy (non-hydrogen) atoms. The fraction of sp³-hybridized carbons (Fsp3) is 0.375. The second-order valence-corrected chi connectivity index (χ2v) is 6.02. The standard InChI is InChI=1S/C16H18N4O2/c1-18-6-7-19-13(10-18)9-11-8-12(2-3-14(11)19)20-5-4-15(21)17-16(20)22/h2-3,8-9H,4-7,10H2,1H3,(H,17,21,22). The van der Waals surface area contributed by atoms with Gasteiger partial charge in [-0.1, -0.05) is 0 Å². The van der Waals surface area contributed by atoms with Crippen LogP contribution >= 0.6 is 0 Å². The molecule has 1 N–H and O–H groups in total. The molecule has 1 saturated heterocycles. The predicted octanol–water partition coefficient (Wildman–Crippen LogP) is 1.53. The lowest BCUT2D eigenvalue weighted by Gasteiger charge is -2.27. The molecule has 0 saturated carbocycles. The molecule has 1 fully saturated rings. The number of fused-ring (bicyclic) bond motifs is 3. The number of aromatic nitrogens is 1. The Morgan fingerprint density at radius 3 is 2.77 bits per heavy atom. The van der Waals surface area contributed by atoms with Crippen LogP contribution in [0.2, 0.25) is 0 Å². The Labute approximate surface area is 128 Å². The molecule has 1 aromatic carbocycles. The topological polar surface area (TPSA) is 57.6 Å². The maximum absolute atomic E-state index is 12.0. The van der Waals surface area contributed by atoms with Crippen molar-refractivity contribution in [2.75, 3.05) is 25.0 Å². The summed E-state index contributed by atoms with van der Waals surface area (Å²) in [6, 6.07) is 7.93. The highest BCUT2D eigenvalue weighted by molar-refractivity contribution is 6.06. The third-order valence-electron chi connectivity index (χ3n) is 4.47. The summed E-state index contributed by atoms with van der Waals surface area (Å²) < 4.78 is 2.35. The van der Waals surface area contributed by atoms with Crippen molar-refractivity contribution >= 4 is 28.5 Å². The van der Waals surface area contributed by atoms with E-state index in [1.54, 1.807) is 4.90 Å². The average Bonchev–Trinajstić information content (AvgIpc) is 2.83. The first kappa shape index (κ1) is 13.3. The normalized spacial score (nSPS) is 19.4. The third kappa shape index (κ3) is 2.07. The predicted molar refractivity (Wildman–Crippen MR) is 83.8 cm³/mol. The van der Waals surface area contributed by atoms with Crippen molar-refractivity contribution in [2.45, 2.75) is 19.5 Å². The largest absolute Gasteiger partial charge is 0.342 e. The van der Waals surface area contributed by atoms with E-state index in [1.807, 2.05) is 12.1 Å². The minimum Gasteiger partial charge on any atom is -0.342 e. The number of hydrogen-bond acceptors (Lipinski definition) is 3. The Hall–Kier alpha value is -2.34. The minimum atomic E-state index is -0.334. The van der Waals surface area contributed by atoms with Gasteiger partial charge in [0.25, 0.3) is 0 Å². The van der Waals surface area contributed by atoms with E-state index < -0.39 is 0 Å². The van der Waals surface area contributed by atoms with Gasteiger partial charge in [-0.15, -0.1) is 0 Å². The van der Waals surface area contributed by atoms with Crippen LogP contribution in [0.3, 0.4) is 0 Å². The number of urea groups is 1. The molecule has 2 aliphatic heterocycles. The number of hydrogen-bond donors (Lipinski definition) is 1. The van der Waals surface area contributed by atoms with Gasteiger partial charge in [0.2, 0.25) is 5.91 Å². The summed E-state index contributed by atoms with van der Waals surface area (Å²) in [5.74, 6) is -0.204. The number of imide groups is 1. The van der Waals surface area contributed by atoms with Crippen LogP contribution in [0.1, 0.15) is 12.1 Å². The number of nitrogens with one attached hydrogen (secondary N) is 1. The first-order chi connectivity index (χ1) is 10.6. The number of rotatable bonds is 1. The zero-order valence-electron chi connectivity index (χ0n) is 12.5. The van der Waals surface area contributed by atoms with E-state index >= 15 is 0 Å². The Balaban J connectivity index is 1.72. The Kier molecular flexibility index (Phi) is 2.94. The molecule has 0 unspecified atom stereocenters. The van der Waals surface area contributed by atoms with Gasteiger partial charge in [-0.25, -0.2) is 4.79 Å². The number of carbonyl (C=O) groups is 2. The molecule has 0 radical (unpaired) electrons. The zero-order chi connectivity index (χ0) is 15.3. The molecule has 6 heteroatoms. The van der Waals surface area contributed by atoms with E-state index in [4.69, 9.17) is 0 Å². The molecule has 0 aliphatic carbocycles.